The summed E-state index contributed by atoms with van der Waals surface area (Å²) in [5, 5.41) is 2.95. The van der Waals surface area contributed by atoms with Gasteiger partial charge < -0.3 is 16.0 Å². The van der Waals surface area contributed by atoms with Gasteiger partial charge in [0, 0.05) is 19.6 Å². The number of carbonyl (C=O) groups is 1. The highest BCUT2D eigenvalue weighted by atomic mass is 16.2. The van der Waals surface area contributed by atoms with Crippen molar-refractivity contribution in [3.8, 4) is 0 Å². The lowest BCUT2D eigenvalue weighted by Crippen LogP contribution is -2.36. The smallest absolute Gasteiger partial charge is 0.239 e. The summed E-state index contributed by atoms with van der Waals surface area (Å²) in [6.45, 7) is 0.744. The molecule has 0 radical (unpaired) electrons. The minimum absolute atomic E-state index is 0.0509. The molecule has 0 aliphatic heterocycles. The third-order valence-electron chi connectivity index (χ3n) is 2.72. The molecule has 1 aliphatic carbocycles. The van der Waals surface area contributed by atoms with E-state index in [4.69, 9.17) is 5.73 Å². The van der Waals surface area contributed by atoms with Crippen LogP contribution in [0, 0.1) is 0 Å². The van der Waals surface area contributed by atoms with Gasteiger partial charge in [-0.25, -0.2) is 4.98 Å². The number of hydrogen-bond donors (Lipinski definition) is 2. The van der Waals surface area contributed by atoms with Crippen molar-refractivity contribution in [2.45, 2.75) is 25.4 Å². The van der Waals surface area contributed by atoms with Gasteiger partial charge in [0.1, 0.15) is 5.82 Å². The second-order valence-electron chi connectivity index (χ2n) is 4.39. The van der Waals surface area contributed by atoms with Gasteiger partial charge in [0.2, 0.25) is 5.91 Å². The van der Waals surface area contributed by atoms with Gasteiger partial charge in [0.05, 0.1) is 12.2 Å². The standard InChI is InChI=1S/C12H18N4O/c1-16(8-12(17)15-9-5-6-9)11-4-2-3-10(7-13)14-11/h2-4,9H,5-8,13H2,1H3,(H,15,17). The number of hydrogen-bond acceptors (Lipinski definition) is 4. The van der Waals surface area contributed by atoms with E-state index in [0.717, 1.165) is 24.4 Å². The zero-order valence-corrected chi connectivity index (χ0v) is 10.0. The van der Waals surface area contributed by atoms with E-state index >= 15 is 0 Å². The summed E-state index contributed by atoms with van der Waals surface area (Å²) in [4.78, 5) is 17.8. The minimum atomic E-state index is 0.0509. The number of aromatic nitrogens is 1. The molecule has 2 rings (SSSR count). The summed E-state index contributed by atoms with van der Waals surface area (Å²) in [6.07, 6.45) is 2.22. The van der Waals surface area contributed by atoms with E-state index in [0.29, 0.717) is 19.1 Å². The Kier molecular flexibility index (Phi) is 3.58. The Bertz CT molecular complexity index is 403. The van der Waals surface area contributed by atoms with E-state index in [1.54, 1.807) is 0 Å². The van der Waals surface area contributed by atoms with Gasteiger partial charge in [-0.1, -0.05) is 6.07 Å². The first kappa shape index (κ1) is 11.9. The van der Waals surface area contributed by atoms with Crippen LogP contribution in [0.25, 0.3) is 0 Å². The fourth-order valence-corrected chi connectivity index (χ4v) is 1.59. The van der Waals surface area contributed by atoms with Crippen molar-refractivity contribution >= 4 is 11.7 Å². The largest absolute Gasteiger partial charge is 0.352 e. The van der Waals surface area contributed by atoms with E-state index in [1.165, 1.54) is 0 Å². The van der Waals surface area contributed by atoms with E-state index in [-0.39, 0.29) is 5.91 Å². The maximum Gasteiger partial charge on any atom is 0.239 e. The molecule has 0 atom stereocenters. The predicted octanol–water partition coefficient (Wildman–Crippen LogP) is 0.255. The molecule has 0 spiro atoms. The van der Waals surface area contributed by atoms with Crippen LogP contribution in [-0.2, 0) is 11.3 Å². The van der Waals surface area contributed by atoms with Crippen LogP contribution in [0.2, 0.25) is 0 Å². The number of nitrogens with one attached hydrogen (secondary N) is 1. The number of carbonyl (C=O) groups excluding carboxylic acids is 1. The lowest BCUT2D eigenvalue weighted by molar-refractivity contribution is -0.119. The van der Waals surface area contributed by atoms with Crippen molar-refractivity contribution in [2.24, 2.45) is 5.73 Å². The Morgan fingerprint density at radius 3 is 3.00 bits per heavy atom. The van der Waals surface area contributed by atoms with Crippen molar-refractivity contribution in [2.75, 3.05) is 18.5 Å². The average molecular weight is 234 g/mol. The van der Waals surface area contributed by atoms with Gasteiger partial charge in [-0.15, -0.1) is 0 Å². The number of amides is 1. The first-order valence-electron chi connectivity index (χ1n) is 5.85. The van der Waals surface area contributed by atoms with Crippen molar-refractivity contribution < 1.29 is 4.79 Å². The van der Waals surface area contributed by atoms with E-state index < -0.39 is 0 Å². The Labute approximate surface area is 101 Å². The predicted molar refractivity (Wildman–Crippen MR) is 66.6 cm³/mol. The molecule has 1 aliphatic rings. The third-order valence-corrected chi connectivity index (χ3v) is 2.72. The molecular formula is C12H18N4O. The van der Waals surface area contributed by atoms with Crippen molar-refractivity contribution in [3.63, 3.8) is 0 Å². The Morgan fingerprint density at radius 2 is 2.35 bits per heavy atom. The number of rotatable bonds is 5. The highest BCUT2D eigenvalue weighted by molar-refractivity contribution is 5.81. The monoisotopic (exact) mass is 234 g/mol. The number of likely N-dealkylation sites (N-methyl/N-ethyl adjacent to an activating group) is 1. The molecule has 17 heavy (non-hydrogen) atoms. The molecule has 1 fully saturated rings. The van der Waals surface area contributed by atoms with Crippen LogP contribution in [0.3, 0.4) is 0 Å². The molecule has 1 amide bonds. The molecule has 5 heteroatoms. The van der Waals surface area contributed by atoms with Crippen LogP contribution in [0.15, 0.2) is 18.2 Å². The molecule has 0 unspecified atom stereocenters. The zero-order chi connectivity index (χ0) is 12.3. The SMILES string of the molecule is CN(CC(=O)NC1CC1)c1cccc(CN)n1. The van der Waals surface area contributed by atoms with Crippen LogP contribution in [0.4, 0.5) is 5.82 Å². The maximum absolute atomic E-state index is 11.6. The summed E-state index contributed by atoms with van der Waals surface area (Å²) in [7, 11) is 1.86. The molecule has 1 aromatic heterocycles. The van der Waals surface area contributed by atoms with E-state index in [2.05, 4.69) is 10.3 Å². The molecule has 5 nitrogen and oxygen atoms in total. The Balaban J connectivity index is 1.92. The zero-order valence-electron chi connectivity index (χ0n) is 10.0. The van der Waals surface area contributed by atoms with E-state index in [9.17, 15) is 4.79 Å². The summed E-state index contributed by atoms with van der Waals surface area (Å²) in [6, 6.07) is 6.06. The molecular weight excluding hydrogens is 216 g/mol. The second kappa shape index (κ2) is 5.14. The topological polar surface area (TPSA) is 71.2 Å². The fourth-order valence-electron chi connectivity index (χ4n) is 1.59. The molecule has 3 N–H and O–H groups in total. The molecule has 92 valence electrons. The van der Waals surface area contributed by atoms with Gasteiger partial charge in [0.25, 0.3) is 0 Å². The average Bonchev–Trinajstić information content (AvgIpc) is 3.12. The molecule has 1 saturated carbocycles. The van der Waals surface area contributed by atoms with Gasteiger partial charge in [0.15, 0.2) is 0 Å². The first-order valence-corrected chi connectivity index (χ1v) is 5.85. The fraction of sp³-hybridized carbons (Fsp3) is 0.500. The lowest BCUT2D eigenvalue weighted by Gasteiger charge is -2.18. The Hall–Kier alpha value is -1.62. The summed E-state index contributed by atoms with van der Waals surface area (Å²) in [5.74, 6) is 0.828. The van der Waals surface area contributed by atoms with Crippen molar-refractivity contribution in [1.29, 1.82) is 0 Å². The van der Waals surface area contributed by atoms with Crippen LogP contribution in [0.1, 0.15) is 18.5 Å². The van der Waals surface area contributed by atoms with Gasteiger partial charge in [-0.2, -0.15) is 0 Å². The van der Waals surface area contributed by atoms with Gasteiger partial charge in [-0.3, -0.25) is 4.79 Å². The molecule has 0 aromatic carbocycles. The molecule has 0 saturated heterocycles. The summed E-state index contributed by atoms with van der Waals surface area (Å²) < 4.78 is 0. The summed E-state index contributed by atoms with van der Waals surface area (Å²) >= 11 is 0. The highest BCUT2D eigenvalue weighted by Gasteiger charge is 2.23. The summed E-state index contributed by atoms with van der Waals surface area (Å²) in [5.41, 5.74) is 6.36. The van der Waals surface area contributed by atoms with Gasteiger partial charge in [-0.05, 0) is 25.0 Å². The van der Waals surface area contributed by atoms with Crippen LogP contribution >= 0.6 is 0 Å². The first-order chi connectivity index (χ1) is 8.19. The van der Waals surface area contributed by atoms with Crippen molar-refractivity contribution in [3.05, 3.63) is 23.9 Å². The van der Waals surface area contributed by atoms with Crippen molar-refractivity contribution in [1.82, 2.24) is 10.3 Å². The minimum Gasteiger partial charge on any atom is -0.352 e. The molecule has 0 bridgehead atoms. The number of nitrogens with zero attached hydrogens (tertiary/aromatic N) is 2. The second-order valence-corrected chi connectivity index (χ2v) is 4.39. The maximum atomic E-state index is 11.6. The van der Waals surface area contributed by atoms with E-state index in [1.807, 2.05) is 30.1 Å². The van der Waals surface area contributed by atoms with Crippen LogP contribution in [0.5, 0.6) is 0 Å². The third kappa shape index (κ3) is 3.42. The highest BCUT2D eigenvalue weighted by Crippen LogP contribution is 2.18. The number of pyridine rings is 1. The van der Waals surface area contributed by atoms with Crippen LogP contribution < -0.4 is 16.0 Å². The quantitative estimate of drug-likeness (QED) is 0.766. The molecule has 1 aromatic rings. The van der Waals surface area contributed by atoms with Crippen LogP contribution in [-0.4, -0.2) is 30.5 Å². The van der Waals surface area contributed by atoms with Gasteiger partial charge >= 0.3 is 0 Å². The number of anilines is 1. The normalized spacial score (nSPS) is 14.5. The lowest BCUT2D eigenvalue weighted by atomic mass is 10.3. The molecule has 1 heterocycles. The Morgan fingerprint density at radius 1 is 1.59 bits per heavy atom. The number of nitrogens with two attached hydrogens (primary N) is 1.